The van der Waals surface area contributed by atoms with Crippen LogP contribution in [-0.2, 0) is 0 Å². The maximum Gasteiger partial charge on any atom is 0.129 e. The molecule has 0 saturated heterocycles. The van der Waals surface area contributed by atoms with E-state index in [2.05, 4.69) is 0 Å². The van der Waals surface area contributed by atoms with E-state index in [-0.39, 0.29) is 5.92 Å². The van der Waals surface area contributed by atoms with Crippen LogP contribution in [0, 0.1) is 12.8 Å². The van der Waals surface area contributed by atoms with Gasteiger partial charge in [0.25, 0.3) is 0 Å². The Morgan fingerprint density at radius 2 is 1.85 bits per heavy atom. The van der Waals surface area contributed by atoms with Gasteiger partial charge in [0, 0.05) is 5.92 Å². The Hall–Kier alpha value is -0.890. The summed E-state index contributed by atoms with van der Waals surface area (Å²) in [6, 6.07) is 7.49. The van der Waals surface area contributed by atoms with Crippen molar-refractivity contribution in [1.82, 2.24) is 0 Å². The first kappa shape index (κ1) is 10.2. The lowest BCUT2D eigenvalue weighted by Gasteiger charge is -2.14. The summed E-state index contributed by atoms with van der Waals surface area (Å²) in [5.74, 6) is -0.109. The summed E-state index contributed by atoms with van der Waals surface area (Å²) in [6.07, 6.45) is -0.939. The maximum atomic E-state index is 13.6. The number of rotatable bonds is 3. The van der Waals surface area contributed by atoms with Gasteiger partial charge in [-0.15, -0.1) is 0 Å². The second-order valence-electron chi connectivity index (χ2n) is 3.53. The second kappa shape index (κ2) is 4.38. The van der Waals surface area contributed by atoms with Crippen LogP contribution in [0.25, 0.3) is 0 Å². The largest absolute Gasteiger partial charge is 0.330 e. The molecule has 2 heteroatoms. The van der Waals surface area contributed by atoms with Crippen LogP contribution >= 0.6 is 0 Å². The van der Waals surface area contributed by atoms with Crippen molar-refractivity contribution in [2.45, 2.75) is 20.0 Å². The second-order valence-corrected chi connectivity index (χ2v) is 3.53. The van der Waals surface area contributed by atoms with Gasteiger partial charge in [0.15, 0.2) is 0 Å². The van der Waals surface area contributed by atoms with Crippen molar-refractivity contribution in [2.75, 3.05) is 6.54 Å². The molecule has 2 unspecified atom stereocenters. The molecular weight excluding hydrogens is 165 g/mol. The van der Waals surface area contributed by atoms with Crippen LogP contribution in [0.3, 0.4) is 0 Å². The molecule has 1 nitrogen and oxygen atoms in total. The molecule has 2 N–H and O–H groups in total. The number of aryl methyl sites for hydroxylation is 1. The minimum absolute atomic E-state index is 0.109. The summed E-state index contributed by atoms with van der Waals surface area (Å²) in [7, 11) is 0. The lowest BCUT2D eigenvalue weighted by molar-refractivity contribution is 0.251. The molecule has 1 aromatic rings. The Balaban J connectivity index is 2.77. The van der Waals surface area contributed by atoms with Gasteiger partial charge in [-0.3, -0.25) is 0 Å². The van der Waals surface area contributed by atoms with E-state index in [0.717, 1.165) is 11.1 Å². The fraction of sp³-hybridized carbons (Fsp3) is 0.455. The molecule has 0 fully saturated rings. The van der Waals surface area contributed by atoms with Crippen molar-refractivity contribution in [3.63, 3.8) is 0 Å². The van der Waals surface area contributed by atoms with Gasteiger partial charge in [-0.1, -0.05) is 36.8 Å². The summed E-state index contributed by atoms with van der Waals surface area (Å²) < 4.78 is 13.6. The molecule has 0 amide bonds. The fourth-order valence-corrected chi connectivity index (χ4v) is 1.20. The zero-order chi connectivity index (χ0) is 9.84. The summed E-state index contributed by atoms with van der Waals surface area (Å²) in [5.41, 5.74) is 7.28. The molecule has 72 valence electrons. The Morgan fingerprint density at radius 3 is 2.31 bits per heavy atom. The topological polar surface area (TPSA) is 26.0 Å². The van der Waals surface area contributed by atoms with Gasteiger partial charge in [0.2, 0.25) is 0 Å². The van der Waals surface area contributed by atoms with E-state index in [1.807, 2.05) is 38.1 Å². The van der Waals surface area contributed by atoms with Crippen LogP contribution in [0.15, 0.2) is 24.3 Å². The van der Waals surface area contributed by atoms with Crippen LogP contribution < -0.4 is 5.73 Å². The van der Waals surface area contributed by atoms with E-state index in [1.165, 1.54) is 0 Å². The third kappa shape index (κ3) is 2.52. The van der Waals surface area contributed by atoms with Gasteiger partial charge in [0.05, 0.1) is 0 Å². The van der Waals surface area contributed by atoms with E-state index < -0.39 is 6.17 Å². The van der Waals surface area contributed by atoms with E-state index in [9.17, 15) is 4.39 Å². The normalized spacial score (nSPS) is 15.4. The van der Waals surface area contributed by atoms with Gasteiger partial charge in [-0.25, -0.2) is 4.39 Å². The van der Waals surface area contributed by atoms with Crippen LogP contribution in [-0.4, -0.2) is 6.54 Å². The molecule has 0 aliphatic carbocycles. The maximum absolute atomic E-state index is 13.6. The zero-order valence-corrected chi connectivity index (χ0v) is 8.13. The van der Waals surface area contributed by atoms with E-state index in [1.54, 1.807) is 0 Å². The van der Waals surface area contributed by atoms with Gasteiger partial charge in [-0.05, 0) is 19.0 Å². The molecule has 0 saturated carbocycles. The third-order valence-corrected chi connectivity index (χ3v) is 2.27. The molecule has 0 aliphatic rings. The summed E-state index contributed by atoms with van der Waals surface area (Å²) >= 11 is 0. The van der Waals surface area contributed by atoms with Crippen LogP contribution in [0.2, 0.25) is 0 Å². The predicted molar refractivity (Wildman–Crippen MR) is 53.2 cm³/mol. The van der Waals surface area contributed by atoms with Crippen molar-refractivity contribution >= 4 is 0 Å². The number of nitrogens with two attached hydrogens (primary N) is 1. The van der Waals surface area contributed by atoms with Crippen molar-refractivity contribution in [3.8, 4) is 0 Å². The molecular formula is C11H16FN. The lowest BCUT2D eigenvalue weighted by atomic mass is 9.98. The van der Waals surface area contributed by atoms with E-state index in [0.29, 0.717) is 6.54 Å². The fourth-order valence-electron chi connectivity index (χ4n) is 1.20. The molecule has 2 atom stereocenters. The number of alkyl halides is 1. The SMILES string of the molecule is Cc1ccc(C(F)C(C)CN)cc1. The predicted octanol–water partition coefficient (Wildman–Crippen LogP) is 2.60. The van der Waals surface area contributed by atoms with Crippen molar-refractivity contribution in [2.24, 2.45) is 11.7 Å². The average molecular weight is 181 g/mol. The number of hydrogen-bond acceptors (Lipinski definition) is 1. The molecule has 1 rings (SSSR count). The number of benzene rings is 1. The molecule has 13 heavy (non-hydrogen) atoms. The van der Waals surface area contributed by atoms with Gasteiger partial charge in [-0.2, -0.15) is 0 Å². The highest BCUT2D eigenvalue weighted by atomic mass is 19.1. The van der Waals surface area contributed by atoms with E-state index in [4.69, 9.17) is 5.73 Å². The average Bonchev–Trinajstić information content (AvgIpc) is 2.17. The summed E-state index contributed by atoms with van der Waals surface area (Å²) in [6.45, 7) is 4.20. The standard InChI is InChI=1S/C11H16FN/c1-8-3-5-10(6-4-8)11(12)9(2)7-13/h3-6,9,11H,7,13H2,1-2H3. The van der Waals surface area contributed by atoms with Crippen LogP contribution in [0.4, 0.5) is 4.39 Å². The Labute approximate surface area is 78.8 Å². The summed E-state index contributed by atoms with van der Waals surface area (Å²) in [4.78, 5) is 0. The summed E-state index contributed by atoms with van der Waals surface area (Å²) in [5, 5.41) is 0. The highest BCUT2D eigenvalue weighted by molar-refractivity contribution is 5.23. The van der Waals surface area contributed by atoms with Crippen molar-refractivity contribution < 1.29 is 4.39 Å². The third-order valence-electron chi connectivity index (χ3n) is 2.27. The monoisotopic (exact) mass is 181 g/mol. The molecule has 0 aliphatic heterocycles. The Bertz CT molecular complexity index is 255. The Morgan fingerprint density at radius 1 is 1.31 bits per heavy atom. The van der Waals surface area contributed by atoms with Gasteiger partial charge in [0.1, 0.15) is 6.17 Å². The first-order valence-electron chi connectivity index (χ1n) is 4.56. The molecule has 1 aromatic carbocycles. The first-order valence-corrected chi connectivity index (χ1v) is 4.56. The Kier molecular flexibility index (Phi) is 3.43. The van der Waals surface area contributed by atoms with Crippen LogP contribution in [0.1, 0.15) is 24.2 Å². The lowest BCUT2D eigenvalue weighted by Crippen LogP contribution is -2.16. The first-order chi connectivity index (χ1) is 6.15. The molecule has 0 heterocycles. The highest BCUT2D eigenvalue weighted by Gasteiger charge is 2.16. The quantitative estimate of drug-likeness (QED) is 0.762. The van der Waals surface area contributed by atoms with Crippen LogP contribution in [0.5, 0.6) is 0 Å². The number of halogens is 1. The van der Waals surface area contributed by atoms with E-state index >= 15 is 0 Å². The van der Waals surface area contributed by atoms with Gasteiger partial charge < -0.3 is 5.73 Å². The highest BCUT2D eigenvalue weighted by Crippen LogP contribution is 2.25. The van der Waals surface area contributed by atoms with Crippen molar-refractivity contribution in [3.05, 3.63) is 35.4 Å². The molecule has 0 radical (unpaired) electrons. The smallest absolute Gasteiger partial charge is 0.129 e. The molecule has 0 aromatic heterocycles. The minimum Gasteiger partial charge on any atom is -0.330 e. The van der Waals surface area contributed by atoms with Gasteiger partial charge >= 0.3 is 0 Å². The number of hydrogen-bond donors (Lipinski definition) is 1. The molecule has 0 spiro atoms. The minimum atomic E-state index is -0.939. The molecule has 0 bridgehead atoms. The van der Waals surface area contributed by atoms with Crippen molar-refractivity contribution in [1.29, 1.82) is 0 Å². The zero-order valence-electron chi connectivity index (χ0n) is 8.13.